The summed E-state index contributed by atoms with van der Waals surface area (Å²) in [6, 6.07) is 116. The second-order valence-corrected chi connectivity index (χ2v) is 27.6. The average Bonchev–Trinajstić information content (AvgIpc) is 1.62. The number of para-hydroxylation sites is 1. The fraction of sp³-hybridized carbons (Fsp3) is 0. The van der Waals surface area contributed by atoms with E-state index in [4.69, 9.17) is 28.8 Å². The van der Waals surface area contributed by atoms with Gasteiger partial charge in [0.05, 0.1) is 22.8 Å². The van der Waals surface area contributed by atoms with Crippen molar-refractivity contribution in [2.45, 2.75) is 0 Å². The number of aromatic nitrogens is 4. The minimum atomic E-state index is 0.676. The Balaban J connectivity index is 0.620. The summed E-state index contributed by atoms with van der Waals surface area (Å²) in [6.45, 7) is 0. The summed E-state index contributed by atoms with van der Waals surface area (Å²) >= 11 is 3.63. The van der Waals surface area contributed by atoms with Gasteiger partial charge >= 0.3 is 0 Å². The van der Waals surface area contributed by atoms with E-state index in [9.17, 15) is 0 Å². The van der Waals surface area contributed by atoms with Gasteiger partial charge in [-0.1, -0.05) is 267 Å². The van der Waals surface area contributed by atoms with Gasteiger partial charge in [0.1, 0.15) is 22.3 Å². The van der Waals surface area contributed by atoms with Gasteiger partial charge in [0.2, 0.25) is 0 Å². The lowest BCUT2D eigenvalue weighted by Crippen LogP contribution is -1.97. The molecule has 6 aromatic heterocycles. The van der Waals surface area contributed by atoms with Gasteiger partial charge in [0.15, 0.2) is 11.6 Å². The van der Waals surface area contributed by atoms with E-state index in [0.717, 1.165) is 156 Å². The molecule has 8 heteroatoms. The Hall–Kier alpha value is -12.7. The third-order valence-corrected chi connectivity index (χ3v) is 22.1. The molecule has 0 saturated carbocycles. The molecule has 6 nitrogen and oxygen atoms in total. The number of benzene rings is 14. The molecule has 466 valence electrons. The Morgan fingerprint density at radius 2 is 0.580 bits per heavy atom. The second-order valence-electron chi connectivity index (χ2n) is 25.5. The van der Waals surface area contributed by atoms with Crippen LogP contribution in [-0.2, 0) is 0 Å². The number of nitrogens with zero attached hydrogens (tertiary/aromatic N) is 4. The average molecular weight is 1310 g/mol. The molecule has 0 aliphatic rings. The summed E-state index contributed by atoms with van der Waals surface area (Å²) in [6.07, 6.45) is 0. The van der Waals surface area contributed by atoms with Crippen LogP contribution >= 0.6 is 22.7 Å². The van der Waals surface area contributed by atoms with Crippen molar-refractivity contribution >= 4 is 107 Å². The standard InChI is InChI=1S/C92H54N4O2S2/c1-3-18-56(19-4-1)64-22-7-9-26-73(64)91-93-79(53-81(95-91)75-32-16-30-71-68-24-11-13-34-86(68)99-89(71)75)59-40-36-55(37-41-59)61-45-48-83-77(50-61)78-51-62(46-49-84(78)97-83)63-44-47-67-70-29-15-28-66(88(70)98-85(67)52-63)58-38-42-60(43-39-58)80-54-82(76-33-17-31-72-69-25-12-14-35-87(69)100-90(72)76)96-92(94-80)74-27-10-8-23-65(74)57-20-5-2-6-21-57/h1-54H. The van der Waals surface area contributed by atoms with E-state index < -0.39 is 0 Å². The van der Waals surface area contributed by atoms with Crippen molar-refractivity contribution in [3.8, 4) is 123 Å². The van der Waals surface area contributed by atoms with Crippen molar-refractivity contribution < 1.29 is 8.83 Å². The predicted molar refractivity (Wildman–Crippen MR) is 418 cm³/mol. The molecule has 0 N–H and O–H groups in total. The van der Waals surface area contributed by atoms with E-state index in [0.29, 0.717) is 11.6 Å². The molecule has 14 aromatic carbocycles. The third kappa shape index (κ3) is 9.83. The molecule has 20 aromatic rings. The molecule has 20 rings (SSSR count). The van der Waals surface area contributed by atoms with Crippen LogP contribution in [0.2, 0.25) is 0 Å². The monoisotopic (exact) mass is 1310 g/mol. The van der Waals surface area contributed by atoms with E-state index in [1.165, 1.54) is 40.3 Å². The summed E-state index contributed by atoms with van der Waals surface area (Å²) in [5, 5.41) is 9.20. The van der Waals surface area contributed by atoms with E-state index in [-0.39, 0.29) is 0 Å². The zero-order chi connectivity index (χ0) is 65.8. The highest BCUT2D eigenvalue weighted by Gasteiger charge is 2.22. The largest absolute Gasteiger partial charge is 0.456 e. The van der Waals surface area contributed by atoms with Gasteiger partial charge in [-0.15, -0.1) is 22.7 Å². The molecule has 6 heterocycles. The molecular weight excluding hydrogens is 1260 g/mol. The number of furan rings is 2. The molecule has 0 saturated heterocycles. The highest BCUT2D eigenvalue weighted by Crippen LogP contribution is 2.46. The van der Waals surface area contributed by atoms with Crippen molar-refractivity contribution in [2.75, 3.05) is 0 Å². The van der Waals surface area contributed by atoms with Crippen LogP contribution < -0.4 is 0 Å². The Morgan fingerprint density at radius 3 is 1.12 bits per heavy atom. The van der Waals surface area contributed by atoms with Crippen LogP contribution in [0.25, 0.3) is 208 Å². The maximum Gasteiger partial charge on any atom is 0.161 e. The zero-order valence-electron chi connectivity index (χ0n) is 53.6. The molecule has 100 heavy (non-hydrogen) atoms. The first-order valence-corrected chi connectivity index (χ1v) is 35.2. The van der Waals surface area contributed by atoms with Crippen LogP contribution in [0.15, 0.2) is 336 Å². The predicted octanol–water partition coefficient (Wildman–Crippen LogP) is 26.1. The van der Waals surface area contributed by atoms with Crippen molar-refractivity contribution in [2.24, 2.45) is 0 Å². The topological polar surface area (TPSA) is 77.8 Å². The van der Waals surface area contributed by atoms with E-state index in [2.05, 4.69) is 328 Å². The molecule has 0 spiro atoms. The van der Waals surface area contributed by atoms with E-state index >= 15 is 0 Å². The van der Waals surface area contributed by atoms with Gasteiger partial charge in [-0.2, -0.15) is 0 Å². The molecule has 0 fully saturated rings. The van der Waals surface area contributed by atoms with Gasteiger partial charge in [-0.3, -0.25) is 0 Å². The lowest BCUT2D eigenvalue weighted by molar-refractivity contribution is 0.669. The molecule has 0 bridgehead atoms. The van der Waals surface area contributed by atoms with Crippen LogP contribution in [0.1, 0.15) is 0 Å². The van der Waals surface area contributed by atoms with Crippen LogP contribution in [0, 0.1) is 0 Å². The maximum absolute atomic E-state index is 6.95. The molecule has 0 aliphatic carbocycles. The highest BCUT2D eigenvalue weighted by atomic mass is 32.1. The SMILES string of the molecule is c1ccc(-c2ccccc2-c2nc(-c3ccc(-c4ccc5oc6ccc(-c7ccc8c(c7)oc7c(-c9ccc(-c%10cc(-c%11cccc%12c%11sc%11ccccc%11%12)nc(-c%11ccccc%11-c%11ccccc%11)n%10)cc9)cccc78)cc6c5c4)cc3)cc(-c3cccc4c3sc3ccccc34)n2)cc1. The molecule has 0 amide bonds. The number of fused-ring (bicyclic) bond motifs is 12. The van der Waals surface area contributed by atoms with Gasteiger partial charge in [-0.25, -0.2) is 19.9 Å². The number of thiophene rings is 2. The molecular formula is C92H54N4O2S2. The lowest BCUT2D eigenvalue weighted by atomic mass is 9.97. The smallest absolute Gasteiger partial charge is 0.161 e. The van der Waals surface area contributed by atoms with Crippen molar-refractivity contribution in [3.05, 3.63) is 328 Å². The summed E-state index contributed by atoms with van der Waals surface area (Å²) in [5.74, 6) is 1.36. The Kier molecular flexibility index (Phi) is 13.5. The van der Waals surface area contributed by atoms with Gasteiger partial charge < -0.3 is 8.83 Å². The van der Waals surface area contributed by atoms with Gasteiger partial charge in [0.25, 0.3) is 0 Å². The first kappa shape index (κ1) is 57.5. The first-order chi connectivity index (χ1) is 49.5. The normalized spacial score (nSPS) is 11.8. The summed E-state index contributed by atoms with van der Waals surface area (Å²) in [4.78, 5) is 21.6. The lowest BCUT2D eigenvalue weighted by Gasteiger charge is -2.13. The molecule has 0 radical (unpaired) electrons. The highest BCUT2D eigenvalue weighted by molar-refractivity contribution is 7.26. The minimum absolute atomic E-state index is 0.676. The quantitative estimate of drug-likeness (QED) is 0.128. The summed E-state index contributed by atoms with van der Waals surface area (Å²) < 4.78 is 18.4. The first-order valence-electron chi connectivity index (χ1n) is 33.5. The van der Waals surface area contributed by atoms with Crippen LogP contribution in [0.4, 0.5) is 0 Å². The van der Waals surface area contributed by atoms with Crippen LogP contribution in [0.5, 0.6) is 0 Å². The van der Waals surface area contributed by atoms with E-state index in [1.807, 2.05) is 22.7 Å². The van der Waals surface area contributed by atoms with Crippen molar-refractivity contribution in [1.82, 2.24) is 19.9 Å². The Labute approximate surface area is 582 Å². The van der Waals surface area contributed by atoms with Crippen molar-refractivity contribution in [3.63, 3.8) is 0 Å². The Morgan fingerprint density at radius 1 is 0.200 bits per heavy atom. The number of hydrogen-bond donors (Lipinski definition) is 0. The maximum atomic E-state index is 6.95. The fourth-order valence-electron chi connectivity index (χ4n) is 14.7. The zero-order valence-corrected chi connectivity index (χ0v) is 55.2. The number of hydrogen-bond acceptors (Lipinski definition) is 8. The van der Waals surface area contributed by atoms with Crippen LogP contribution in [0.3, 0.4) is 0 Å². The van der Waals surface area contributed by atoms with Gasteiger partial charge in [-0.05, 0) is 111 Å². The second kappa shape index (κ2) is 23.5. The van der Waals surface area contributed by atoms with E-state index in [1.54, 1.807) is 0 Å². The molecule has 0 aliphatic heterocycles. The molecule has 0 unspecified atom stereocenters. The van der Waals surface area contributed by atoms with Crippen LogP contribution in [-0.4, -0.2) is 19.9 Å². The Bertz CT molecular complexity index is 6650. The van der Waals surface area contributed by atoms with Crippen molar-refractivity contribution in [1.29, 1.82) is 0 Å². The minimum Gasteiger partial charge on any atom is -0.456 e. The van der Waals surface area contributed by atoms with Gasteiger partial charge in [0, 0.05) is 101 Å². The summed E-state index contributed by atoms with van der Waals surface area (Å²) in [5.41, 5.74) is 23.7. The third-order valence-electron chi connectivity index (χ3n) is 19.6. The number of rotatable bonds is 11. The molecule has 0 atom stereocenters. The fourth-order valence-corrected chi connectivity index (χ4v) is 17.1. The summed E-state index contributed by atoms with van der Waals surface area (Å²) in [7, 11) is 0.